The lowest BCUT2D eigenvalue weighted by Gasteiger charge is -2.05. The van der Waals surface area contributed by atoms with Crippen LogP contribution in [-0.4, -0.2) is 21.1 Å². The van der Waals surface area contributed by atoms with E-state index in [1.807, 2.05) is 0 Å². The fourth-order valence-electron chi connectivity index (χ4n) is 1.37. The Kier molecular flexibility index (Phi) is 3.37. The van der Waals surface area contributed by atoms with E-state index in [0.29, 0.717) is 11.4 Å². The zero-order valence-corrected chi connectivity index (χ0v) is 10.4. The average molecular weight is 261 g/mol. The first-order chi connectivity index (χ1) is 8.97. The number of anilines is 2. The van der Waals surface area contributed by atoms with Crippen LogP contribution in [0.5, 0.6) is 0 Å². The molecule has 0 fully saturated rings. The maximum absolute atomic E-state index is 13.0. The molecule has 1 heterocycles. The van der Waals surface area contributed by atoms with Crippen molar-refractivity contribution >= 4 is 17.5 Å². The number of nitrogens with two attached hydrogens (primary N) is 1. The van der Waals surface area contributed by atoms with Crippen LogP contribution in [0.1, 0.15) is 21.7 Å². The first-order valence-corrected chi connectivity index (χ1v) is 5.51. The van der Waals surface area contributed by atoms with Gasteiger partial charge in [0, 0.05) is 5.56 Å². The molecule has 0 saturated carbocycles. The predicted octanol–water partition coefficient (Wildman–Crippen LogP) is 1.46. The van der Waals surface area contributed by atoms with Gasteiger partial charge in [-0.1, -0.05) is 0 Å². The molecule has 0 aliphatic rings. The SMILES string of the molecule is Cc1nnc(NC(=O)c2ccc(F)c(N)c2)nc1C. The van der Waals surface area contributed by atoms with E-state index in [1.54, 1.807) is 13.8 Å². The average Bonchev–Trinajstić information content (AvgIpc) is 2.37. The van der Waals surface area contributed by atoms with Crippen molar-refractivity contribution in [1.82, 2.24) is 15.2 Å². The van der Waals surface area contributed by atoms with Crippen LogP contribution in [0.4, 0.5) is 16.0 Å². The molecular weight excluding hydrogens is 249 g/mol. The Morgan fingerprint density at radius 2 is 2.00 bits per heavy atom. The molecule has 1 aromatic carbocycles. The molecular formula is C12H12FN5O. The molecule has 0 saturated heterocycles. The van der Waals surface area contributed by atoms with Gasteiger partial charge in [0.15, 0.2) is 0 Å². The Morgan fingerprint density at radius 3 is 2.63 bits per heavy atom. The molecule has 0 aliphatic heterocycles. The topological polar surface area (TPSA) is 93.8 Å². The minimum atomic E-state index is -0.569. The Bertz CT molecular complexity index is 644. The molecule has 0 atom stereocenters. The van der Waals surface area contributed by atoms with Gasteiger partial charge in [0.25, 0.3) is 5.91 Å². The molecule has 2 rings (SSSR count). The third kappa shape index (κ3) is 2.82. The van der Waals surface area contributed by atoms with Crippen molar-refractivity contribution in [2.45, 2.75) is 13.8 Å². The second kappa shape index (κ2) is 4.97. The van der Waals surface area contributed by atoms with E-state index < -0.39 is 11.7 Å². The molecule has 3 N–H and O–H groups in total. The minimum Gasteiger partial charge on any atom is -0.396 e. The third-order valence-corrected chi connectivity index (χ3v) is 2.58. The number of hydrogen-bond acceptors (Lipinski definition) is 5. The highest BCUT2D eigenvalue weighted by Crippen LogP contribution is 2.13. The molecule has 7 heteroatoms. The summed E-state index contributed by atoms with van der Waals surface area (Å²) in [5.74, 6) is -0.951. The lowest BCUT2D eigenvalue weighted by Crippen LogP contribution is -2.16. The standard InChI is InChI=1S/C12H12FN5O/c1-6-7(2)17-18-12(15-6)16-11(19)8-3-4-9(13)10(14)5-8/h3-5H,14H2,1-2H3,(H,15,16,18,19). The Labute approximate surface area is 108 Å². The van der Waals surface area contributed by atoms with E-state index in [4.69, 9.17) is 5.73 Å². The van der Waals surface area contributed by atoms with Crippen molar-refractivity contribution in [1.29, 1.82) is 0 Å². The lowest BCUT2D eigenvalue weighted by molar-refractivity contribution is 0.102. The summed E-state index contributed by atoms with van der Waals surface area (Å²) in [7, 11) is 0. The first kappa shape index (κ1) is 12.9. The van der Waals surface area contributed by atoms with Gasteiger partial charge < -0.3 is 5.73 Å². The van der Waals surface area contributed by atoms with Gasteiger partial charge in [-0.2, -0.15) is 5.10 Å². The van der Waals surface area contributed by atoms with Gasteiger partial charge in [0.2, 0.25) is 5.95 Å². The smallest absolute Gasteiger partial charge is 0.258 e. The Morgan fingerprint density at radius 1 is 1.26 bits per heavy atom. The first-order valence-electron chi connectivity index (χ1n) is 5.51. The fraction of sp³-hybridized carbons (Fsp3) is 0.167. The zero-order valence-electron chi connectivity index (χ0n) is 10.4. The van der Waals surface area contributed by atoms with Gasteiger partial charge in [0.1, 0.15) is 5.82 Å². The van der Waals surface area contributed by atoms with Crippen molar-refractivity contribution < 1.29 is 9.18 Å². The predicted molar refractivity (Wildman–Crippen MR) is 68.1 cm³/mol. The van der Waals surface area contributed by atoms with Crippen molar-refractivity contribution in [3.05, 3.63) is 41.0 Å². The number of amides is 1. The molecule has 0 unspecified atom stereocenters. The number of halogens is 1. The van der Waals surface area contributed by atoms with Crippen LogP contribution in [0.15, 0.2) is 18.2 Å². The Hall–Kier alpha value is -2.57. The summed E-state index contributed by atoms with van der Waals surface area (Å²) < 4.78 is 13.0. The van der Waals surface area contributed by atoms with E-state index in [2.05, 4.69) is 20.5 Å². The van der Waals surface area contributed by atoms with Gasteiger partial charge in [-0.25, -0.2) is 9.37 Å². The number of benzene rings is 1. The maximum Gasteiger partial charge on any atom is 0.258 e. The summed E-state index contributed by atoms with van der Waals surface area (Å²) in [5.41, 5.74) is 6.88. The van der Waals surface area contributed by atoms with E-state index in [0.717, 1.165) is 6.07 Å². The van der Waals surface area contributed by atoms with Crippen LogP contribution in [-0.2, 0) is 0 Å². The van der Waals surface area contributed by atoms with Gasteiger partial charge >= 0.3 is 0 Å². The number of aromatic nitrogens is 3. The third-order valence-electron chi connectivity index (χ3n) is 2.58. The molecule has 0 bridgehead atoms. The quantitative estimate of drug-likeness (QED) is 0.798. The van der Waals surface area contributed by atoms with Crippen molar-refractivity contribution in [2.24, 2.45) is 0 Å². The summed E-state index contributed by atoms with van der Waals surface area (Å²) in [6, 6.07) is 3.71. The van der Waals surface area contributed by atoms with Crippen LogP contribution in [0, 0.1) is 19.7 Å². The Balaban J connectivity index is 2.20. The molecule has 2 aromatic rings. The summed E-state index contributed by atoms with van der Waals surface area (Å²) in [5, 5.41) is 10.1. The molecule has 0 aliphatic carbocycles. The zero-order chi connectivity index (χ0) is 14.0. The number of rotatable bonds is 2. The summed E-state index contributed by atoms with van der Waals surface area (Å²) in [6.07, 6.45) is 0. The van der Waals surface area contributed by atoms with Crippen LogP contribution in [0.25, 0.3) is 0 Å². The fourth-order valence-corrected chi connectivity index (χ4v) is 1.37. The van der Waals surface area contributed by atoms with Crippen LogP contribution >= 0.6 is 0 Å². The molecule has 1 amide bonds. The highest BCUT2D eigenvalue weighted by atomic mass is 19.1. The lowest BCUT2D eigenvalue weighted by atomic mass is 10.2. The van der Waals surface area contributed by atoms with E-state index in [9.17, 15) is 9.18 Å². The van der Waals surface area contributed by atoms with Gasteiger partial charge in [0.05, 0.1) is 17.1 Å². The van der Waals surface area contributed by atoms with E-state index in [1.165, 1.54) is 12.1 Å². The van der Waals surface area contributed by atoms with Crippen LogP contribution in [0.2, 0.25) is 0 Å². The number of nitrogens with one attached hydrogen (secondary N) is 1. The van der Waals surface area contributed by atoms with E-state index in [-0.39, 0.29) is 17.2 Å². The number of carbonyl (C=O) groups excluding carboxylic acids is 1. The molecule has 1 aromatic heterocycles. The summed E-state index contributed by atoms with van der Waals surface area (Å²) >= 11 is 0. The molecule has 0 spiro atoms. The summed E-state index contributed by atoms with van der Waals surface area (Å²) in [6.45, 7) is 3.52. The van der Waals surface area contributed by atoms with Crippen LogP contribution in [0.3, 0.4) is 0 Å². The van der Waals surface area contributed by atoms with Gasteiger partial charge in [-0.15, -0.1) is 5.10 Å². The number of nitrogen functional groups attached to an aromatic ring is 1. The normalized spacial score (nSPS) is 10.3. The largest absolute Gasteiger partial charge is 0.396 e. The molecule has 19 heavy (non-hydrogen) atoms. The minimum absolute atomic E-state index is 0.0909. The monoisotopic (exact) mass is 261 g/mol. The molecule has 98 valence electrons. The number of nitrogens with zero attached hydrogens (tertiary/aromatic N) is 3. The van der Waals surface area contributed by atoms with Gasteiger partial charge in [-0.3, -0.25) is 10.1 Å². The second-order valence-electron chi connectivity index (χ2n) is 4.00. The van der Waals surface area contributed by atoms with Gasteiger partial charge in [-0.05, 0) is 32.0 Å². The number of hydrogen-bond donors (Lipinski definition) is 2. The molecule has 6 nitrogen and oxygen atoms in total. The molecule has 0 radical (unpaired) electrons. The van der Waals surface area contributed by atoms with Crippen molar-refractivity contribution in [3.63, 3.8) is 0 Å². The number of aryl methyl sites for hydroxylation is 2. The number of carbonyl (C=O) groups is 1. The van der Waals surface area contributed by atoms with E-state index >= 15 is 0 Å². The summed E-state index contributed by atoms with van der Waals surface area (Å²) in [4.78, 5) is 15.9. The van der Waals surface area contributed by atoms with Crippen molar-refractivity contribution in [3.8, 4) is 0 Å². The highest BCUT2D eigenvalue weighted by Gasteiger charge is 2.11. The second-order valence-corrected chi connectivity index (χ2v) is 4.00. The highest BCUT2D eigenvalue weighted by molar-refractivity contribution is 6.03. The van der Waals surface area contributed by atoms with Crippen molar-refractivity contribution in [2.75, 3.05) is 11.1 Å². The maximum atomic E-state index is 13.0. The van der Waals surface area contributed by atoms with Crippen LogP contribution < -0.4 is 11.1 Å².